The predicted octanol–water partition coefficient (Wildman–Crippen LogP) is 7.04. The lowest BCUT2D eigenvalue weighted by molar-refractivity contribution is 0.111. The molecule has 0 saturated heterocycles. The lowest BCUT2D eigenvalue weighted by atomic mass is 10.2. The minimum atomic E-state index is 0.176. The van der Waals surface area contributed by atoms with Crippen LogP contribution in [0.4, 0.5) is 0 Å². The van der Waals surface area contributed by atoms with E-state index in [9.17, 15) is 4.79 Å². The topological polar surface area (TPSA) is 102 Å². The van der Waals surface area contributed by atoms with E-state index in [4.69, 9.17) is 23.0 Å². The third kappa shape index (κ3) is 6.84. The molecule has 6 rings (SSSR count). The van der Waals surface area contributed by atoms with Gasteiger partial charge in [0.1, 0.15) is 31.3 Å². The van der Waals surface area contributed by atoms with Crippen LogP contribution in [-0.4, -0.2) is 21.1 Å². The van der Waals surface area contributed by atoms with Gasteiger partial charge in [-0.15, -0.1) is 5.10 Å². The highest BCUT2D eigenvalue weighted by Gasteiger charge is 2.16. The van der Waals surface area contributed by atoms with Crippen molar-refractivity contribution in [1.29, 1.82) is 0 Å². The molecule has 0 amide bonds. The molecule has 9 nitrogen and oxygen atoms in total. The van der Waals surface area contributed by atoms with E-state index in [1.807, 2.05) is 85.8 Å². The van der Waals surface area contributed by atoms with Gasteiger partial charge in [-0.2, -0.15) is 0 Å². The molecule has 0 radical (unpaired) electrons. The lowest BCUT2D eigenvalue weighted by Crippen LogP contribution is -2.04. The summed E-state index contributed by atoms with van der Waals surface area (Å²) >= 11 is 0. The molecule has 9 heteroatoms. The normalized spacial score (nSPS) is 10.9. The van der Waals surface area contributed by atoms with Crippen molar-refractivity contribution in [3.05, 3.63) is 137 Å². The Hall–Kier alpha value is -5.57. The maximum atomic E-state index is 11.7. The maximum Gasteiger partial charge on any atom is 0.263 e. The number of aromatic nitrogens is 3. The van der Waals surface area contributed by atoms with E-state index in [1.54, 1.807) is 29.3 Å². The van der Waals surface area contributed by atoms with E-state index < -0.39 is 0 Å². The highest BCUT2D eigenvalue weighted by atomic mass is 16.5. The van der Waals surface area contributed by atoms with E-state index >= 15 is 0 Å². The summed E-state index contributed by atoms with van der Waals surface area (Å²) in [5, 5.41) is 4.48. The van der Waals surface area contributed by atoms with Crippen molar-refractivity contribution in [2.24, 2.45) is 0 Å². The third-order valence-corrected chi connectivity index (χ3v) is 6.68. The molecule has 0 unspecified atom stereocenters. The number of oxazole rings is 1. The number of carbonyl (C=O) groups is 1. The third-order valence-electron chi connectivity index (χ3n) is 6.68. The molecule has 0 fully saturated rings. The summed E-state index contributed by atoms with van der Waals surface area (Å²) in [6, 6.07) is 28.9. The Kier molecular flexibility index (Phi) is 8.31. The summed E-state index contributed by atoms with van der Waals surface area (Å²) in [5.41, 5.74) is 3.95. The molecule has 0 saturated carbocycles. The zero-order valence-corrected chi connectivity index (χ0v) is 23.5. The first-order valence-corrected chi connectivity index (χ1v) is 13.8. The summed E-state index contributed by atoms with van der Waals surface area (Å²) in [4.78, 5) is 16.2. The molecule has 216 valence electrons. The Morgan fingerprint density at radius 3 is 2.28 bits per heavy atom. The quantitative estimate of drug-likeness (QED) is 0.135. The van der Waals surface area contributed by atoms with Gasteiger partial charge in [0.15, 0.2) is 23.5 Å². The summed E-state index contributed by atoms with van der Waals surface area (Å²) in [7, 11) is 0. The van der Waals surface area contributed by atoms with E-state index in [1.165, 1.54) is 0 Å². The molecule has 6 aromatic rings. The number of furan rings is 1. The van der Waals surface area contributed by atoms with Gasteiger partial charge in [0.2, 0.25) is 5.88 Å². The van der Waals surface area contributed by atoms with Gasteiger partial charge < -0.3 is 23.0 Å². The molecule has 0 atom stereocenters. The average Bonchev–Trinajstić information content (AvgIpc) is 3.80. The number of aryl methyl sites for hydroxylation is 1. The molecule has 0 bridgehead atoms. The monoisotopic (exact) mass is 575 g/mol. The summed E-state index contributed by atoms with van der Waals surface area (Å²) in [6.07, 6.45) is 4.00. The Balaban J connectivity index is 1.17. The molecule has 43 heavy (non-hydrogen) atoms. The van der Waals surface area contributed by atoms with Gasteiger partial charge in [-0.1, -0.05) is 66.7 Å². The van der Waals surface area contributed by atoms with Crippen LogP contribution in [-0.2, 0) is 26.4 Å². The fourth-order valence-corrected chi connectivity index (χ4v) is 4.44. The van der Waals surface area contributed by atoms with Crippen LogP contribution in [0.2, 0.25) is 0 Å². The van der Waals surface area contributed by atoms with Crippen LogP contribution >= 0.6 is 0 Å². The smallest absolute Gasteiger partial charge is 0.263 e. The fraction of sp³-hybridized carbons (Fsp3) is 0.147. The van der Waals surface area contributed by atoms with E-state index in [0.29, 0.717) is 53.3 Å². The molecular formula is C34H29N3O6. The van der Waals surface area contributed by atoms with Crippen molar-refractivity contribution in [3.63, 3.8) is 0 Å². The second kappa shape index (κ2) is 12.9. The largest absolute Gasteiger partial charge is 0.485 e. The molecule has 0 aliphatic rings. The number of ether oxygens (including phenoxy) is 3. The SMILES string of the molecule is Cc1oc(-c2ccco2)nc1COc1ccc(COc2nn(Cc3ccccc3)cc2C=O)cc1OCc1ccccc1. The molecule has 0 aliphatic carbocycles. The van der Waals surface area contributed by atoms with Crippen molar-refractivity contribution in [2.45, 2.75) is 33.3 Å². The molecule has 3 aromatic heterocycles. The van der Waals surface area contributed by atoms with E-state index in [2.05, 4.69) is 10.1 Å². The Morgan fingerprint density at radius 1 is 0.791 bits per heavy atom. The first-order chi connectivity index (χ1) is 21.1. The number of carbonyl (C=O) groups excluding carboxylic acids is 1. The summed E-state index contributed by atoms with van der Waals surface area (Å²) in [5.74, 6) is 2.95. The zero-order chi connectivity index (χ0) is 29.4. The zero-order valence-electron chi connectivity index (χ0n) is 23.5. The number of nitrogens with zero attached hydrogens (tertiary/aromatic N) is 3. The Morgan fingerprint density at radius 2 is 1.53 bits per heavy atom. The standard InChI is InChI=1S/C34H29N3O6/c1-24-29(35-34(43-24)31-13-8-16-39-31)23-41-30-15-14-27(17-32(30)40-21-26-11-6-3-7-12-26)22-42-33-28(20-38)19-37(36-33)18-25-9-4-2-5-10-25/h2-17,19-20H,18,21-23H2,1H3. The van der Waals surface area contributed by atoms with Gasteiger partial charge in [-0.05, 0) is 47.9 Å². The minimum absolute atomic E-state index is 0.176. The van der Waals surface area contributed by atoms with E-state index in [0.717, 1.165) is 23.0 Å². The number of hydrogen-bond donors (Lipinski definition) is 0. The predicted molar refractivity (Wildman–Crippen MR) is 158 cm³/mol. The van der Waals surface area contributed by atoms with Crippen molar-refractivity contribution in [3.8, 4) is 29.0 Å². The van der Waals surface area contributed by atoms with Gasteiger partial charge in [0, 0.05) is 6.20 Å². The van der Waals surface area contributed by atoms with Gasteiger partial charge >= 0.3 is 0 Å². The second-order valence-corrected chi connectivity index (χ2v) is 9.82. The van der Waals surface area contributed by atoms with Gasteiger partial charge in [0.25, 0.3) is 5.89 Å². The van der Waals surface area contributed by atoms with Crippen LogP contribution in [0.5, 0.6) is 17.4 Å². The van der Waals surface area contributed by atoms with Gasteiger partial charge in [-0.3, -0.25) is 9.48 Å². The number of benzene rings is 3. The molecule has 0 spiro atoms. The highest BCUT2D eigenvalue weighted by Crippen LogP contribution is 2.32. The van der Waals surface area contributed by atoms with Crippen LogP contribution in [0.15, 0.2) is 112 Å². The van der Waals surface area contributed by atoms with Crippen LogP contribution in [0.3, 0.4) is 0 Å². The van der Waals surface area contributed by atoms with E-state index in [-0.39, 0.29) is 19.1 Å². The van der Waals surface area contributed by atoms with Crippen LogP contribution < -0.4 is 14.2 Å². The average molecular weight is 576 g/mol. The fourth-order valence-electron chi connectivity index (χ4n) is 4.44. The maximum absolute atomic E-state index is 11.7. The minimum Gasteiger partial charge on any atom is -0.485 e. The van der Waals surface area contributed by atoms with Gasteiger partial charge in [0.05, 0.1) is 18.4 Å². The summed E-state index contributed by atoms with van der Waals surface area (Å²) in [6.45, 7) is 3.07. The van der Waals surface area contributed by atoms with Crippen molar-refractivity contribution in [1.82, 2.24) is 14.8 Å². The first-order valence-electron chi connectivity index (χ1n) is 13.8. The molecule has 3 heterocycles. The van der Waals surface area contributed by atoms with Crippen LogP contribution in [0, 0.1) is 6.92 Å². The molecular weight excluding hydrogens is 546 g/mol. The highest BCUT2D eigenvalue weighted by molar-refractivity contribution is 5.77. The first kappa shape index (κ1) is 27.6. The Labute approximate surface area is 248 Å². The Bertz CT molecular complexity index is 1780. The number of hydrogen-bond acceptors (Lipinski definition) is 8. The van der Waals surface area contributed by atoms with Gasteiger partial charge in [-0.25, -0.2) is 4.98 Å². The molecule has 3 aromatic carbocycles. The van der Waals surface area contributed by atoms with Crippen molar-refractivity contribution < 1.29 is 27.8 Å². The lowest BCUT2D eigenvalue weighted by Gasteiger charge is -2.14. The molecule has 0 aliphatic heterocycles. The van der Waals surface area contributed by atoms with Crippen LogP contribution in [0.1, 0.15) is 38.5 Å². The molecule has 0 N–H and O–H groups in total. The van der Waals surface area contributed by atoms with Crippen molar-refractivity contribution in [2.75, 3.05) is 0 Å². The van der Waals surface area contributed by atoms with Crippen LogP contribution in [0.25, 0.3) is 11.7 Å². The second-order valence-electron chi connectivity index (χ2n) is 9.82. The summed E-state index contributed by atoms with van der Waals surface area (Å²) < 4.78 is 31.2. The number of aldehydes is 1. The van der Waals surface area contributed by atoms with Crippen molar-refractivity contribution >= 4 is 6.29 Å². The number of rotatable bonds is 13.